The summed E-state index contributed by atoms with van der Waals surface area (Å²) >= 11 is 0. The minimum atomic E-state index is -0.708. The van der Waals surface area contributed by atoms with Gasteiger partial charge < -0.3 is 29.4 Å². The van der Waals surface area contributed by atoms with Gasteiger partial charge in [0.1, 0.15) is 29.8 Å². The van der Waals surface area contributed by atoms with Gasteiger partial charge in [-0.05, 0) is 31.5 Å². The number of benzene rings is 1. The summed E-state index contributed by atoms with van der Waals surface area (Å²) in [7, 11) is 0. The third-order valence-corrected chi connectivity index (χ3v) is 4.37. The van der Waals surface area contributed by atoms with Crippen molar-refractivity contribution in [2.45, 2.75) is 26.1 Å². The molecule has 28 heavy (non-hydrogen) atoms. The molecule has 3 rings (SSSR count). The normalized spacial score (nSPS) is 20.0. The highest BCUT2D eigenvalue weighted by Crippen LogP contribution is 2.40. The van der Waals surface area contributed by atoms with Crippen LogP contribution in [0, 0.1) is 11.3 Å². The fourth-order valence-electron chi connectivity index (χ4n) is 3.14. The molecule has 2 N–H and O–H groups in total. The largest absolute Gasteiger partial charge is 0.488 e. The molecule has 0 saturated carbocycles. The first kappa shape index (κ1) is 19.7. The third kappa shape index (κ3) is 4.11. The van der Waals surface area contributed by atoms with Crippen molar-refractivity contribution in [1.82, 2.24) is 0 Å². The number of nitrogens with two attached hydrogens (primary N) is 1. The van der Waals surface area contributed by atoms with Crippen LogP contribution in [-0.4, -0.2) is 38.7 Å². The Kier molecular flexibility index (Phi) is 6.19. The standard InChI is InChI=1S/C20H22N2O6/c1-3-24-20(23)17-12(2)28-19(22)15(10-21)18(17)13-5-4-6-14(9-13)27-11-16-25-7-8-26-16/h4-6,9,16,18H,3,7-8,11,22H2,1-2H3. The molecule has 0 aromatic heterocycles. The molecule has 0 spiro atoms. The Morgan fingerprint density at radius 2 is 2.11 bits per heavy atom. The maximum Gasteiger partial charge on any atom is 0.338 e. The number of carbonyl (C=O) groups excluding carboxylic acids is 1. The summed E-state index contributed by atoms with van der Waals surface area (Å²) < 4.78 is 27.0. The number of hydrogen-bond donors (Lipinski definition) is 1. The third-order valence-electron chi connectivity index (χ3n) is 4.37. The second kappa shape index (κ2) is 8.78. The lowest BCUT2D eigenvalue weighted by Crippen LogP contribution is -2.25. The Balaban J connectivity index is 1.92. The van der Waals surface area contributed by atoms with Crippen LogP contribution in [0.5, 0.6) is 5.75 Å². The van der Waals surface area contributed by atoms with Crippen molar-refractivity contribution >= 4 is 5.97 Å². The molecule has 148 valence electrons. The molecule has 0 bridgehead atoms. The van der Waals surface area contributed by atoms with Crippen LogP contribution < -0.4 is 10.5 Å². The minimum Gasteiger partial charge on any atom is -0.488 e. The summed E-state index contributed by atoms with van der Waals surface area (Å²) in [5, 5.41) is 9.62. The molecule has 1 aromatic rings. The first-order valence-corrected chi connectivity index (χ1v) is 8.96. The number of nitrogens with zero attached hydrogens (tertiary/aromatic N) is 1. The highest BCUT2D eigenvalue weighted by molar-refractivity contribution is 5.92. The van der Waals surface area contributed by atoms with E-state index in [1.54, 1.807) is 38.1 Å². The maximum atomic E-state index is 12.5. The Morgan fingerprint density at radius 3 is 2.79 bits per heavy atom. The monoisotopic (exact) mass is 386 g/mol. The summed E-state index contributed by atoms with van der Waals surface area (Å²) in [4.78, 5) is 12.5. The molecule has 0 aliphatic carbocycles. The van der Waals surface area contributed by atoms with E-state index in [1.807, 2.05) is 0 Å². The zero-order valence-electron chi connectivity index (χ0n) is 15.8. The number of hydrogen-bond acceptors (Lipinski definition) is 8. The van der Waals surface area contributed by atoms with Gasteiger partial charge in [-0.3, -0.25) is 0 Å². The average Bonchev–Trinajstić information content (AvgIpc) is 3.20. The number of esters is 1. The lowest BCUT2D eigenvalue weighted by atomic mass is 9.83. The number of rotatable bonds is 6. The number of nitriles is 1. The molecule has 1 unspecified atom stereocenters. The van der Waals surface area contributed by atoms with Crippen molar-refractivity contribution in [1.29, 1.82) is 5.26 Å². The predicted octanol–water partition coefficient (Wildman–Crippen LogP) is 2.08. The van der Waals surface area contributed by atoms with E-state index in [4.69, 9.17) is 29.4 Å². The fourth-order valence-corrected chi connectivity index (χ4v) is 3.14. The predicted molar refractivity (Wildman–Crippen MR) is 97.6 cm³/mol. The Morgan fingerprint density at radius 1 is 1.36 bits per heavy atom. The molecule has 2 aliphatic rings. The molecular formula is C20H22N2O6. The van der Waals surface area contributed by atoms with Crippen LogP contribution in [0.4, 0.5) is 0 Å². The van der Waals surface area contributed by atoms with E-state index in [-0.39, 0.29) is 30.2 Å². The van der Waals surface area contributed by atoms with Gasteiger partial charge in [-0.2, -0.15) is 5.26 Å². The Bertz CT molecular complexity index is 848. The zero-order chi connectivity index (χ0) is 20.1. The highest BCUT2D eigenvalue weighted by Gasteiger charge is 2.36. The van der Waals surface area contributed by atoms with Crippen molar-refractivity contribution in [2.75, 3.05) is 26.4 Å². The van der Waals surface area contributed by atoms with E-state index < -0.39 is 18.2 Å². The minimum absolute atomic E-state index is 0.0304. The highest BCUT2D eigenvalue weighted by atomic mass is 16.7. The fraction of sp³-hybridized carbons (Fsp3) is 0.400. The molecule has 8 heteroatoms. The van der Waals surface area contributed by atoms with E-state index in [2.05, 4.69) is 6.07 Å². The molecule has 1 saturated heterocycles. The summed E-state index contributed by atoms with van der Waals surface area (Å²) in [6.45, 7) is 4.85. The van der Waals surface area contributed by atoms with Gasteiger partial charge in [0.05, 0.1) is 31.3 Å². The first-order valence-electron chi connectivity index (χ1n) is 8.96. The molecule has 8 nitrogen and oxygen atoms in total. The van der Waals surface area contributed by atoms with Gasteiger partial charge in [-0.1, -0.05) is 12.1 Å². The summed E-state index contributed by atoms with van der Waals surface area (Å²) in [5.41, 5.74) is 6.96. The second-order valence-corrected chi connectivity index (χ2v) is 6.17. The molecule has 1 atom stereocenters. The SMILES string of the molecule is CCOC(=O)C1=C(C)OC(N)=C(C#N)C1c1cccc(OCC2OCCO2)c1. The number of allylic oxidation sites excluding steroid dienone is 2. The van der Waals surface area contributed by atoms with Gasteiger partial charge in [-0.25, -0.2) is 4.79 Å². The molecular weight excluding hydrogens is 364 g/mol. The van der Waals surface area contributed by atoms with Crippen LogP contribution >= 0.6 is 0 Å². The lowest BCUT2D eigenvalue weighted by molar-refractivity contribution is -0.139. The summed E-state index contributed by atoms with van der Waals surface area (Å²) in [6.07, 6.45) is -0.408. The van der Waals surface area contributed by atoms with Crippen molar-refractivity contribution in [3.8, 4) is 11.8 Å². The van der Waals surface area contributed by atoms with Crippen molar-refractivity contribution in [3.63, 3.8) is 0 Å². The van der Waals surface area contributed by atoms with Gasteiger partial charge in [0.25, 0.3) is 0 Å². The van der Waals surface area contributed by atoms with Gasteiger partial charge >= 0.3 is 5.97 Å². The molecule has 0 radical (unpaired) electrons. The maximum absolute atomic E-state index is 12.5. The topological polar surface area (TPSA) is 113 Å². The molecule has 1 aromatic carbocycles. The van der Waals surface area contributed by atoms with Gasteiger partial charge in [0.15, 0.2) is 6.29 Å². The summed E-state index contributed by atoms with van der Waals surface area (Å²) in [6, 6.07) is 9.15. The second-order valence-electron chi connectivity index (χ2n) is 6.17. The summed E-state index contributed by atoms with van der Waals surface area (Å²) in [5.74, 6) is -0.430. The quantitative estimate of drug-likeness (QED) is 0.740. The Hall–Kier alpha value is -3.02. The number of ether oxygens (including phenoxy) is 5. The van der Waals surface area contributed by atoms with Crippen molar-refractivity contribution in [3.05, 3.63) is 52.6 Å². The van der Waals surface area contributed by atoms with Gasteiger partial charge in [0, 0.05) is 0 Å². The van der Waals surface area contributed by atoms with E-state index in [0.29, 0.717) is 30.3 Å². The average molecular weight is 386 g/mol. The van der Waals surface area contributed by atoms with Gasteiger partial charge in [0.2, 0.25) is 5.88 Å². The van der Waals surface area contributed by atoms with E-state index in [0.717, 1.165) is 0 Å². The van der Waals surface area contributed by atoms with E-state index in [1.165, 1.54) is 0 Å². The van der Waals surface area contributed by atoms with Crippen LogP contribution in [0.2, 0.25) is 0 Å². The Labute approximate surface area is 163 Å². The molecule has 0 amide bonds. The molecule has 2 aliphatic heterocycles. The smallest absolute Gasteiger partial charge is 0.338 e. The van der Waals surface area contributed by atoms with Crippen LogP contribution in [-0.2, 0) is 23.7 Å². The first-order chi connectivity index (χ1) is 13.5. The van der Waals surface area contributed by atoms with Crippen LogP contribution in [0.25, 0.3) is 0 Å². The van der Waals surface area contributed by atoms with E-state index in [9.17, 15) is 10.1 Å². The van der Waals surface area contributed by atoms with Crippen molar-refractivity contribution < 1.29 is 28.5 Å². The van der Waals surface area contributed by atoms with Crippen molar-refractivity contribution in [2.24, 2.45) is 5.73 Å². The van der Waals surface area contributed by atoms with E-state index >= 15 is 0 Å². The van der Waals surface area contributed by atoms with Crippen LogP contribution in [0.3, 0.4) is 0 Å². The van der Waals surface area contributed by atoms with Gasteiger partial charge in [-0.15, -0.1) is 0 Å². The number of carbonyl (C=O) groups is 1. The molecule has 2 heterocycles. The van der Waals surface area contributed by atoms with Crippen LogP contribution in [0.1, 0.15) is 25.3 Å². The lowest BCUT2D eigenvalue weighted by Gasteiger charge is -2.27. The molecule has 1 fully saturated rings. The van der Waals surface area contributed by atoms with Crippen LogP contribution in [0.15, 0.2) is 47.1 Å². The zero-order valence-corrected chi connectivity index (χ0v) is 15.8.